The molecule has 4 rings (SSSR count). The van der Waals surface area contributed by atoms with E-state index in [1.165, 1.54) is 0 Å². The van der Waals surface area contributed by atoms with Crippen LogP contribution >= 0.6 is 0 Å². The van der Waals surface area contributed by atoms with Crippen LogP contribution in [-0.2, 0) is 24.0 Å². The molecule has 2 fully saturated rings. The molecule has 0 saturated carbocycles. The van der Waals surface area contributed by atoms with Gasteiger partial charge >= 0.3 is 0 Å². The molecule has 0 amide bonds. The highest BCUT2D eigenvalue weighted by molar-refractivity contribution is 7.91. The van der Waals surface area contributed by atoms with Gasteiger partial charge in [-0.1, -0.05) is 48.5 Å². The van der Waals surface area contributed by atoms with Gasteiger partial charge in [0.15, 0.2) is 11.7 Å². The van der Waals surface area contributed by atoms with Gasteiger partial charge in [0.25, 0.3) is 0 Å². The van der Waals surface area contributed by atoms with E-state index in [0.29, 0.717) is 17.9 Å². The standard InChI is InChI=1S/C20H22O5S/c21-26(22,16-10-5-2-6-11-16)19-13-7-12-17-18(24-19)14-23-20(25-17)15-8-3-1-4-9-15/h1-6,8-11,17-20H,7,12-14H2/t17-,18+,19-,20+/m0/s1. The molecule has 2 aliphatic heterocycles. The Balaban J connectivity index is 1.49. The van der Waals surface area contributed by atoms with E-state index in [2.05, 4.69) is 0 Å². The molecule has 138 valence electrons. The molecule has 0 aliphatic carbocycles. The SMILES string of the molecule is O=S(=O)(c1ccccc1)[C@H]1CCC[C@@H]2O[C@H](c3ccccc3)OC[C@H]2O1. The van der Waals surface area contributed by atoms with Crippen molar-refractivity contribution in [2.75, 3.05) is 6.61 Å². The lowest BCUT2D eigenvalue weighted by atomic mass is 10.1. The summed E-state index contributed by atoms with van der Waals surface area (Å²) in [7, 11) is -3.53. The maximum absolute atomic E-state index is 12.9. The number of sulfone groups is 1. The van der Waals surface area contributed by atoms with Gasteiger partial charge in [-0.25, -0.2) is 8.42 Å². The summed E-state index contributed by atoms with van der Waals surface area (Å²) >= 11 is 0. The minimum atomic E-state index is -3.53. The molecule has 0 bridgehead atoms. The van der Waals surface area contributed by atoms with E-state index in [-0.39, 0.29) is 12.2 Å². The first kappa shape index (κ1) is 17.7. The van der Waals surface area contributed by atoms with Crippen molar-refractivity contribution in [2.24, 2.45) is 0 Å². The van der Waals surface area contributed by atoms with Crippen LogP contribution in [0.25, 0.3) is 0 Å². The molecular weight excluding hydrogens is 352 g/mol. The molecule has 0 aromatic heterocycles. The van der Waals surface area contributed by atoms with Gasteiger partial charge in [-0.15, -0.1) is 0 Å². The van der Waals surface area contributed by atoms with Crippen LogP contribution in [0.1, 0.15) is 31.1 Å². The van der Waals surface area contributed by atoms with E-state index in [9.17, 15) is 8.42 Å². The third kappa shape index (κ3) is 3.55. The summed E-state index contributed by atoms with van der Waals surface area (Å²) < 4.78 is 43.7. The highest BCUT2D eigenvalue weighted by Gasteiger charge is 2.40. The summed E-state index contributed by atoms with van der Waals surface area (Å²) in [4.78, 5) is 0.295. The van der Waals surface area contributed by atoms with E-state index in [4.69, 9.17) is 14.2 Å². The van der Waals surface area contributed by atoms with Crippen molar-refractivity contribution in [1.29, 1.82) is 0 Å². The van der Waals surface area contributed by atoms with Crippen molar-refractivity contribution < 1.29 is 22.6 Å². The highest BCUT2D eigenvalue weighted by Crippen LogP contribution is 2.34. The molecule has 2 aliphatic rings. The Morgan fingerprint density at radius 3 is 2.23 bits per heavy atom. The van der Waals surface area contributed by atoms with Crippen molar-refractivity contribution in [2.45, 2.75) is 48.1 Å². The van der Waals surface area contributed by atoms with E-state index in [1.54, 1.807) is 30.3 Å². The quantitative estimate of drug-likeness (QED) is 0.823. The Morgan fingerprint density at radius 2 is 1.50 bits per heavy atom. The molecule has 0 unspecified atom stereocenters. The molecule has 2 saturated heterocycles. The molecule has 4 atom stereocenters. The van der Waals surface area contributed by atoms with Gasteiger partial charge in [0, 0.05) is 5.56 Å². The summed E-state index contributed by atoms with van der Waals surface area (Å²) in [5.74, 6) is 0. The third-order valence-corrected chi connectivity index (χ3v) is 6.84. The van der Waals surface area contributed by atoms with Gasteiger partial charge in [0.2, 0.25) is 9.84 Å². The lowest BCUT2D eigenvalue weighted by Gasteiger charge is -2.36. The zero-order valence-electron chi connectivity index (χ0n) is 14.4. The van der Waals surface area contributed by atoms with Crippen molar-refractivity contribution in [3.8, 4) is 0 Å². The number of hydrogen-bond acceptors (Lipinski definition) is 5. The molecule has 0 spiro atoms. The first-order valence-electron chi connectivity index (χ1n) is 8.91. The first-order valence-corrected chi connectivity index (χ1v) is 10.5. The van der Waals surface area contributed by atoms with Gasteiger partial charge < -0.3 is 14.2 Å². The maximum atomic E-state index is 12.9. The van der Waals surface area contributed by atoms with Crippen LogP contribution < -0.4 is 0 Å². The molecule has 0 N–H and O–H groups in total. The first-order chi connectivity index (χ1) is 12.6. The maximum Gasteiger partial charge on any atom is 0.205 e. The molecule has 2 heterocycles. The van der Waals surface area contributed by atoms with Crippen LogP contribution in [0.5, 0.6) is 0 Å². The second kappa shape index (κ2) is 7.48. The van der Waals surface area contributed by atoms with E-state index >= 15 is 0 Å². The molecule has 2 aromatic carbocycles. The molecule has 6 heteroatoms. The van der Waals surface area contributed by atoms with Gasteiger partial charge in [0.05, 0.1) is 17.6 Å². The van der Waals surface area contributed by atoms with Crippen molar-refractivity contribution >= 4 is 9.84 Å². The van der Waals surface area contributed by atoms with E-state index in [0.717, 1.165) is 18.4 Å². The third-order valence-electron chi connectivity index (χ3n) is 4.87. The Bertz CT molecular complexity index is 822. The Kier molecular flexibility index (Phi) is 5.09. The zero-order valence-corrected chi connectivity index (χ0v) is 15.2. The summed E-state index contributed by atoms with van der Waals surface area (Å²) in [5, 5.41) is 0. The van der Waals surface area contributed by atoms with Crippen LogP contribution in [0.2, 0.25) is 0 Å². The predicted octanol–water partition coefficient (Wildman–Crippen LogP) is 3.47. The van der Waals surface area contributed by atoms with Crippen LogP contribution in [0, 0.1) is 0 Å². The average Bonchev–Trinajstić information content (AvgIpc) is 2.91. The topological polar surface area (TPSA) is 61.8 Å². The number of benzene rings is 2. The largest absolute Gasteiger partial charge is 0.354 e. The Morgan fingerprint density at radius 1 is 0.808 bits per heavy atom. The molecule has 5 nitrogen and oxygen atoms in total. The van der Waals surface area contributed by atoms with E-state index in [1.807, 2.05) is 30.3 Å². The van der Waals surface area contributed by atoms with Gasteiger partial charge in [-0.2, -0.15) is 0 Å². The van der Waals surface area contributed by atoms with Crippen molar-refractivity contribution in [3.63, 3.8) is 0 Å². The van der Waals surface area contributed by atoms with Crippen LogP contribution in [0.3, 0.4) is 0 Å². The second-order valence-corrected chi connectivity index (χ2v) is 8.73. The smallest absolute Gasteiger partial charge is 0.205 e. The minimum absolute atomic E-state index is 0.162. The lowest BCUT2D eigenvalue weighted by molar-refractivity contribution is -0.264. The second-order valence-electron chi connectivity index (χ2n) is 6.64. The Labute approximate surface area is 153 Å². The normalized spacial score (nSPS) is 29.5. The van der Waals surface area contributed by atoms with Gasteiger partial charge in [-0.3, -0.25) is 0 Å². The fourth-order valence-electron chi connectivity index (χ4n) is 3.48. The molecular formula is C20H22O5S. The highest BCUT2D eigenvalue weighted by atomic mass is 32.2. The molecule has 2 aromatic rings. The number of rotatable bonds is 3. The average molecular weight is 374 g/mol. The van der Waals surface area contributed by atoms with Crippen molar-refractivity contribution in [3.05, 3.63) is 66.2 Å². The summed E-state index contributed by atoms with van der Waals surface area (Å²) in [6, 6.07) is 18.2. The van der Waals surface area contributed by atoms with Crippen LogP contribution in [0.15, 0.2) is 65.6 Å². The fraction of sp³-hybridized carbons (Fsp3) is 0.400. The lowest BCUT2D eigenvalue weighted by Crippen LogP contribution is -2.43. The predicted molar refractivity (Wildman–Crippen MR) is 96.1 cm³/mol. The van der Waals surface area contributed by atoms with Crippen LogP contribution in [-0.4, -0.2) is 32.7 Å². The molecule has 0 radical (unpaired) electrons. The van der Waals surface area contributed by atoms with Crippen molar-refractivity contribution in [1.82, 2.24) is 0 Å². The number of fused-ring (bicyclic) bond motifs is 1. The summed E-state index contributed by atoms with van der Waals surface area (Å²) in [6.07, 6.45) is 0.996. The summed E-state index contributed by atoms with van der Waals surface area (Å²) in [6.45, 7) is 0.324. The molecule has 26 heavy (non-hydrogen) atoms. The zero-order chi connectivity index (χ0) is 18.0. The van der Waals surface area contributed by atoms with Gasteiger partial charge in [-0.05, 0) is 31.4 Å². The number of hydrogen-bond donors (Lipinski definition) is 0. The summed E-state index contributed by atoms with van der Waals surface area (Å²) in [5.41, 5.74) is 0.101. The van der Waals surface area contributed by atoms with Gasteiger partial charge in [0.1, 0.15) is 6.10 Å². The van der Waals surface area contributed by atoms with Crippen LogP contribution in [0.4, 0.5) is 0 Å². The minimum Gasteiger partial charge on any atom is -0.354 e. The monoisotopic (exact) mass is 374 g/mol. The Hall–Kier alpha value is -1.73. The number of ether oxygens (including phenoxy) is 3. The fourth-order valence-corrected chi connectivity index (χ4v) is 5.09. The van der Waals surface area contributed by atoms with E-state index < -0.39 is 21.6 Å².